The minimum absolute atomic E-state index is 0.277. The van der Waals surface area contributed by atoms with Gasteiger partial charge in [0.05, 0.1) is 19.8 Å². The van der Waals surface area contributed by atoms with E-state index < -0.39 is 5.60 Å². The molecule has 0 atom stereocenters. The van der Waals surface area contributed by atoms with E-state index in [1.165, 1.54) is 22.9 Å². The van der Waals surface area contributed by atoms with Crippen molar-refractivity contribution >= 4 is 17.0 Å². The van der Waals surface area contributed by atoms with Crippen LogP contribution in [0.3, 0.4) is 0 Å². The standard InChI is InChI=1S/C10H14O.C9H8O.C9H10.C8H10O2.C5H12O.C2H6/c1-3-4-9-5-7-10(11-2)8-6-9;1-7-6-8-4-2-3-5-9(8)10-7;1-2-6-9-7-4-3-5-8-9;1-6-3-4-7(10-2)5-8(6)9;1-4-5(2,3)6;1-2/h5-8H,3-4H2,1-2H3;2-6H,1H3;2-8H,1H3;3-5,9H,1-2H3;6H,4H2,1-3H3;1-2H3/b;;6-2+;;;. The molecule has 48 heavy (non-hydrogen) atoms. The van der Waals surface area contributed by atoms with E-state index >= 15 is 0 Å². The fraction of sp³-hybridized carbons (Fsp3) is 0.349. The largest absolute Gasteiger partial charge is 0.508 e. The van der Waals surface area contributed by atoms with Gasteiger partial charge in [0.2, 0.25) is 0 Å². The maximum Gasteiger partial charge on any atom is 0.134 e. The van der Waals surface area contributed by atoms with Gasteiger partial charge in [0.15, 0.2) is 0 Å². The topological polar surface area (TPSA) is 72.1 Å². The number of phenols is 1. The summed E-state index contributed by atoms with van der Waals surface area (Å²) in [5.74, 6) is 2.87. The third-order valence-electron chi connectivity index (χ3n) is 6.69. The Balaban J connectivity index is 0.000000574. The molecule has 1 aromatic heterocycles. The molecule has 1 heterocycles. The number of hydrogen-bond donors (Lipinski definition) is 2. The summed E-state index contributed by atoms with van der Waals surface area (Å²) in [5.41, 5.74) is 4.02. The number of aryl methyl sites for hydroxylation is 3. The summed E-state index contributed by atoms with van der Waals surface area (Å²) < 4.78 is 15.3. The van der Waals surface area contributed by atoms with Crippen LogP contribution in [0, 0.1) is 13.8 Å². The lowest BCUT2D eigenvalue weighted by atomic mass is 10.1. The molecule has 0 amide bonds. The molecule has 0 aliphatic rings. The van der Waals surface area contributed by atoms with Gasteiger partial charge in [0.1, 0.15) is 28.6 Å². The highest BCUT2D eigenvalue weighted by atomic mass is 16.5. The van der Waals surface area contributed by atoms with Crippen molar-refractivity contribution in [3.8, 4) is 17.2 Å². The molecular formula is C43H60O5. The minimum Gasteiger partial charge on any atom is -0.508 e. The van der Waals surface area contributed by atoms with Crippen LogP contribution in [-0.4, -0.2) is 30.0 Å². The van der Waals surface area contributed by atoms with Crippen molar-refractivity contribution in [1.29, 1.82) is 0 Å². The van der Waals surface area contributed by atoms with Gasteiger partial charge in [0.25, 0.3) is 0 Å². The van der Waals surface area contributed by atoms with E-state index in [2.05, 4.69) is 37.3 Å². The molecular weight excluding hydrogens is 596 g/mol. The third-order valence-corrected chi connectivity index (χ3v) is 6.69. The van der Waals surface area contributed by atoms with Crippen LogP contribution >= 0.6 is 0 Å². The second kappa shape index (κ2) is 25.6. The first kappa shape index (κ1) is 43.5. The van der Waals surface area contributed by atoms with Crippen LogP contribution in [0.2, 0.25) is 0 Å². The monoisotopic (exact) mass is 656 g/mol. The number of phenolic OH excluding ortho intramolecular Hbond substituents is 1. The molecule has 0 saturated carbocycles. The Labute approximate surface area is 290 Å². The summed E-state index contributed by atoms with van der Waals surface area (Å²) in [6.45, 7) is 17.6. The summed E-state index contributed by atoms with van der Waals surface area (Å²) in [5, 5.41) is 19.2. The molecule has 0 bridgehead atoms. The Morgan fingerprint density at radius 2 is 1.29 bits per heavy atom. The minimum atomic E-state index is -0.458. The van der Waals surface area contributed by atoms with Crippen molar-refractivity contribution < 1.29 is 24.1 Å². The number of hydrogen-bond acceptors (Lipinski definition) is 5. The van der Waals surface area contributed by atoms with Crippen molar-refractivity contribution in [2.45, 2.75) is 87.2 Å². The van der Waals surface area contributed by atoms with Crippen molar-refractivity contribution in [3.05, 3.63) is 132 Å². The number of methoxy groups -OCH3 is 2. The first-order chi connectivity index (χ1) is 23.0. The molecule has 5 nitrogen and oxygen atoms in total. The van der Waals surface area contributed by atoms with Crippen LogP contribution in [-0.2, 0) is 6.42 Å². The van der Waals surface area contributed by atoms with Gasteiger partial charge in [0, 0.05) is 11.5 Å². The van der Waals surface area contributed by atoms with E-state index in [0.717, 1.165) is 35.5 Å². The summed E-state index contributed by atoms with van der Waals surface area (Å²) in [6.07, 6.45) is 7.30. The Hall–Kier alpha value is -4.48. The van der Waals surface area contributed by atoms with Crippen LogP contribution in [0.1, 0.15) is 83.8 Å². The molecule has 0 saturated heterocycles. The van der Waals surface area contributed by atoms with E-state index in [1.54, 1.807) is 34.1 Å². The molecule has 5 aromatic rings. The number of benzene rings is 4. The van der Waals surface area contributed by atoms with Crippen LogP contribution in [0.4, 0.5) is 0 Å². The average molecular weight is 657 g/mol. The molecule has 0 spiro atoms. The normalized spacial score (nSPS) is 9.92. The number of furan rings is 1. The van der Waals surface area contributed by atoms with E-state index in [4.69, 9.17) is 24.1 Å². The van der Waals surface area contributed by atoms with Gasteiger partial charge in [-0.1, -0.05) is 113 Å². The fourth-order valence-electron chi connectivity index (χ4n) is 3.67. The van der Waals surface area contributed by atoms with Gasteiger partial charge in [-0.05, 0) is 94.5 Å². The molecule has 0 radical (unpaired) electrons. The number of aromatic hydroxyl groups is 1. The van der Waals surface area contributed by atoms with E-state index in [1.807, 2.05) is 120 Å². The molecule has 0 unspecified atom stereocenters. The summed E-state index contributed by atoms with van der Waals surface area (Å²) in [6, 6.07) is 33.8. The Morgan fingerprint density at radius 1 is 0.750 bits per heavy atom. The highest BCUT2D eigenvalue weighted by molar-refractivity contribution is 5.77. The number of allylic oxidation sites excluding steroid dienone is 1. The molecule has 0 fully saturated rings. The number of fused-ring (bicyclic) bond motifs is 1. The summed E-state index contributed by atoms with van der Waals surface area (Å²) >= 11 is 0. The Kier molecular flexibility index (Phi) is 23.2. The van der Waals surface area contributed by atoms with Crippen LogP contribution in [0.15, 0.2) is 114 Å². The zero-order valence-corrected chi connectivity index (χ0v) is 31.2. The predicted octanol–water partition coefficient (Wildman–Crippen LogP) is 12.0. The molecule has 0 aliphatic carbocycles. The van der Waals surface area contributed by atoms with Gasteiger partial charge in [-0.3, -0.25) is 0 Å². The van der Waals surface area contributed by atoms with Crippen molar-refractivity contribution in [2.24, 2.45) is 0 Å². The van der Waals surface area contributed by atoms with E-state index in [0.29, 0.717) is 5.75 Å². The first-order valence-corrected chi connectivity index (χ1v) is 16.8. The van der Waals surface area contributed by atoms with Crippen molar-refractivity contribution in [1.82, 2.24) is 0 Å². The Bertz CT molecular complexity index is 1480. The highest BCUT2D eigenvalue weighted by Gasteiger charge is 2.05. The lowest BCUT2D eigenvalue weighted by Gasteiger charge is -2.11. The van der Waals surface area contributed by atoms with Gasteiger partial charge >= 0.3 is 0 Å². The van der Waals surface area contributed by atoms with E-state index in [9.17, 15) is 0 Å². The lowest BCUT2D eigenvalue weighted by Crippen LogP contribution is -2.15. The number of para-hydroxylation sites is 1. The second-order valence-corrected chi connectivity index (χ2v) is 11.2. The van der Waals surface area contributed by atoms with Crippen LogP contribution < -0.4 is 9.47 Å². The molecule has 5 rings (SSSR count). The van der Waals surface area contributed by atoms with Crippen LogP contribution in [0.5, 0.6) is 17.2 Å². The molecule has 4 aromatic carbocycles. The molecule has 262 valence electrons. The number of aliphatic hydroxyl groups is 1. The average Bonchev–Trinajstić information content (AvgIpc) is 3.49. The Morgan fingerprint density at radius 3 is 1.77 bits per heavy atom. The van der Waals surface area contributed by atoms with Crippen molar-refractivity contribution in [2.75, 3.05) is 14.2 Å². The van der Waals surface area contributed by atoms with Crippen LogP contribution in [0.25, 0.3) is 17.0 Å². The quantitative estimate of drug-likeness (QED) is 0.190. The van der Waals surface area contributed by atoms with Gasteiger partial charge in [-0.25, -0.2) is 0 Å². The van der Waals surface area contributed by atoms with Gasteiger partial charge in [-0.15, -0.1) is 0 Å². The van der Waals surface area contributed by atoms with E-state index in [-0.39, 0.29) is 5.75 Å². The first-order valence-electron chi connectivity index (χ1n) is 16.8. The third kappa shape index (κ3) is 19.9. The smallest absolute Gasteiger partial charge is 0.134 e. The number of rotatable bonds is 6. The maximum atomic E-state index is 9.15. The summed E-state index contributed by atoms with van der Waals surface area (Å²) in [4.78, 5) is 0. The highest BCUT2D eigenvalue weighted by Crippen LogP contribution is 2.22. The lowest BCUT2D eigenvalue weighted by molar-refractivity contribution is 0.0765. The molecule has 5 heteroatoms. The second-order valence-electron chi connectivity index (χ2n) is 11.2. The molecule has 2 N–H and O–H groups in total. The number of ether oxygens (including phenoxy) is 2. The zero-order chi connectivity index (χ0) is 36.4. The van der Waals surface area contributed by atoms with Crippen molar-refractivity contribution in [3.63, 3.8) is 0 Å². The van der Waals surface area contributed by atoms with Gasteiger partial charge < -0.3 is 24.1 Å². The maximum absolute atomic E-state index is 9.15. The summed E-state index contributed by atoms with van der Waals surface area (Å²) in [7, 11) is 3.26. The fourth-order valence-corrected chi connectivity index (χ4v) is 3.67. The SMILES string of the molecule is C/C=C/c1ccccc1.CC.CCC(C)(C)O.CCCc1ccc(OC)cc1.COc1ccc(C)c(O)c1.Cc1cc2ccccc2o1. The zero-order valence-electron chi connectivity index (χ0n) is 31.2. The molecule has 0 aliphatic heterocycles. The van der Waals surface area contributed by atoms with Gasteiger partial charge in [-0.2, -0.15) is 0 Å². The predicted molar refractivity (Wildman–Crippen MR) is 206 cm³/mol.